The average molecular weight is 114 g/mol. The van der Waals surface area contributed by atoms with Crippen LogP contribution < -0.4 is 5.73 Å². The topological polar surface area (TPSA) is 26.0 Å². The molecule has 0 aliphatic carbocycles. The maximum atomic E-state index is 4.88. The fourth-order valence-corrected chi connectivity index (χ4v) is 0. The van der Waals surface area contributed by atoms with E-state index in [0.29, 0.717) is 0 Å². The van der Waals surface area contributed by atoms with Crippen LogP contribution in [0.4, 0.5) is 0 Å². The Bertz CT molecular complexity index is 22.8. The molecular weight excluding hydrogens is 109 g/mol. The molecule has 0 rings (SSSR count). The zero-order valence-electron chi connectivity index (χ0n) is 2.52. The Hall–Kier alpha value is 0.120. The highest BCUT2D eigenvalue weighted by atomic mass is 35.5. The Morgan fingerprint density at radius 2 is 1.80 bits per heavy atom. The van der Waals surface area contributed by atoms with E-state index in [1.54, 1.807) is 0 Å². The molecule has 0 aromatic rings. The predicted molar refractivity (Wildman–Crippen MR) is 26.4 cm³/mol. The largest absolute Gasteiger partial charge is 0.404 e. The monoisotopic (exact) mass is 113 g/mol. The third-order valence-corrected chi connectivity index (χ3v) is 0.218. The van der Waals surface area contributed by atoms with Gasteiger partial charge in [-0.15, -0.1) is 12.4 Å². The molecule has 0 heterocycles. The highest BCUT2D eigenvalue weighted by molar-refractivity contribution is 6.25. The molecule has 0 aliphatic heterocycles. The molecule has 0 amide bonds. The zero-order chi connectivity index (χ0) is 3.41. The highest BCUT2D eigenvalue weighted by Gasteiger charge is 1.35. The summed E-state index contributed by atoms with van der Waals surface area (Å²) in [5.41, 5.74) is 5.97. The van der Waals surface area contributed by atoms with Gasteiger partial charge in [-0.1, -0.05) is 11.6 Å². The first kappa shape index (κ1) is 8.93. The highest BCUT2D eigenvalue weighted by Crippen LogP contribution is 1.65. The van der Waals surface area contributed by atoms with E-state index in [1.807, 2.05) is 0 Å². The quantitative estimate of drug-likeness (QED) is 0.500. The summed E-state index contributed by atoms with van der Waals surface area (Å²) in [5, 5.41) is 0. The minimum Gasteiger partial charge on any atom is -0.404 e. The summed E-state index contributed by atoms with van der Waals surface area (Å²) >= 11 is 4.88. The standard InChI is InChI=1S/C2H4ClN.ClH/c3-1-2-4;/h1-2H,4H2;1H. The van der Waals surface area contributed by atoms with E-state index in [-0.39, 0.29) is 12.4 Å². The van der Waals surface area contributed by atoms with Gasteiger partial charge in [0.1, 0.15) is 0 Å². The van der Waals surface area contributed by atoms with Gasteiger partial charge < -0.3 is 5.73 Å². The van der Waals surface area contributed by atoms with Crippen LogP contribution in [-0.4, -0.2) is 0 Å². The summed E-state index contributed by atoms with van der Waals surface area (Å²) in [6.45, 7) is 0. The van der Waals surface area contributed by atoms with E-state index in [4.69, 9.17) is 17.3 Å². The molecule has 0 aromatic carbocycles. The van der Waals surface area contributed by atoms with Crippen LogP contribution in [0.15, 0.2) is 11.7 Å². The fourth-order valence-electron chi connectivity index (χ4n) is 0. The van der Waals surface area contributed by atoms with E-state index < -0.39 is 0 Å². The molecule has 0 fully saturated rings. The second kappa shape index (κ2) is 8.92. The SMILES string of the molecule is Cl.NC=CCl. The first-order valence-corrected chi connectivity index (χ1v) is 1.32. The van der Waals surface area contributed by atoms with Crippen molar-refractivity contribution >= 4 is 24.0 Å². The lowest BCUT2D eigenvalue weighted by molar-refractivity contribution is 1.63. The van der Waals surface area contributed by atoms with Crippen LogP contribution in [0.25, 0.3) is 0 Å². The third kappa shape index (κ3) is 14.8. The second-order valence-corrected chi connectivity index (χ2v) is 0.570. The van der Waals surface area contributed by atoms with Crippen molar-refractivity contribution in [3.05, 3.63) is 11.7 Å². The van der Waals surface area contributed by atoms with Gasteiger partial charge in [0.05, 0.1) is 0 Å². The van der Waals surface area contributed by atoms with E-state index in [0.717, 1.165) is 0 Å². The van der Waals surface area contributed by atoms with Crippen LogP contribution in [-0.2, 0) is 0 Å². The molecule has 32 valence electrons. The zero-order valence-corrected chi connectivity index (χ0v) is 4.09. The maximum absolute atomic E-state index is 4.88. The van der Waals surface area contributed by atoms with Crippen LogP contribution in [0.3, 0.4) is 0 Å². The van der Waals surface area contributed by atoms with Crippen molar-refractivity contribution in [2.45, 2.75) is 0 Å². The van der Waals surface area contributed by atoms with Crippen molar-refractivity contribution < 1.29 is 0 Å². The molecule has 5 heavy (non-hydrogen) atoms. The number of hydrogen-bond acceptors (Lipinski definition) is 1. The van der Waals surface area contributed by atoms with Crippen molar-refractivity contribution in [3.63, 3.8) is 0 Å². The Kier molecular flexibility index (Phi) is 15.9. The Morgan fingerprint density at radius 1 is 1.60 bits per heavy atom. The number of rotatable bonds is 0. The van der Waals surface area contributed by atoms with Crippen LogP contribution in [0.1, 0.15) is 0 Å². The molecule has 0 bridgehead atoms. The van der Waals surface area contributed by atoms with Gasteiger partial charge in [0, 0.05) is 11.7 Å². The molecule has 3 heteroatoms. The second-order valence-electron chi connectivity index (χ2n) is 0.318. The first-order valence-electron chi connectivity index (χ1n) is 0.885. The molecule has 0 saturated carbocycles. The smallest absolute Gasteiger partial charge is 0.0197 e. The van der Waals surface area contributed by atoms with Crippen molar-refractivity contribution in [2.24, 2.45) is 5.73 Å². The van der Waals surface area contributed by atoms with Gasteiger partial charge in [-0.05, 0) is 0 Å². The van der Waals surface area contributed by atoms with E-state index in [9.17, 15) is 0 Å². The summed E-state index contributed by atoms with van der Waals surface area (Å²) in [4.78, 5) is 0. The molecular formula is C2H5Cl2N. The molecule has 0 spiro atoms. The molecule has 0 radical (unpaired) electrons. The summed E-state index contributed by atoms with van der Waals surface area (Å²) in [5.74, 6) is 0. The summed E-state index contributed by atoms with van der Waals surface area (Å²) in [6.07, 6.45) is 1.27. The molecule has 0 atom stereocenters. The van der Waals surface area contributed by atoms with Crippen LogP contribution in [0.5, 0.6) is 0 Å². The normalized spacial score (nSPS) is 7.40. The number of halogens is 2. The van der Waals surface area contributed by atoms with Crippen LogP contribution in [0, 0.1) is 0 Å². The third-order valence-electron chi connectivity index (χ3n) is 0.0727. The van der Waals surface area contributed by atoms with E-state index >= 15 is 0 Å². The van der Waals surface area contributed by atoms with Crippen molar-refractivity contribution in [2.75, 3.05) is 0 Å². The van der Waals surface area contributed by atoms with Gasteiger partial charge >= 0.3 is 0 Å². The Morgan fingerprint density at radius 3 is 1.80 bits per heavy atom. The molecule has 1 nitrogen and oxygen atoms in total. The van der Waals surface area contributed by atoms with Gasteiger partial charge in [0.2, 0.25) is 0 Å². The Labute approximate surface area is 42.2 Å². The average Bonchev–Trinajstić information content (AvgIpc) is 1.37. The van der Waals surface area contributed by atoms with Crippen molar-refractivity contribution in [3.8, 4) is 0 Å². The van der Waals surface area contributed by atoms with E-state index in [2.05, 4.69) is 0 Å². The maximum Gasteiger partial charge on any atom is 0.0197 e. The lowest BCUT2D eigenvalue weighted by Gasteiger charge is -1.51. The molecule has 0 saturated heterocycles. The first-order chi connectivity index (χ1) is 1.91. The lowest BCUT2D eigenvalue weighted by atomic mass is 11.1. The summed E-state index contributed by atoms with van der Waals surface area (Å²) < 4.78 is 0. The number of nitrogens with two attached hydrogens (primary N) is 1. The molecule has 0 aliphatic rings. The van der Waals surface area contributed by atoms with Gasteiger partial charge in [-0.25, -0.2) is 0 Å². The lowest BCUT2D eigenvalue weighted by Crippen LogP contribution is -1.69. The molecule has 0 aromatic heterocycles. The van der Waals surface area contributed by atoms with E-state index in [1.165, 1.54) is 11.7 Å². The molecule has 2 N–H and O–H groups in total. The van der Waals surface area contributed by atoms with Crippen molar-refractivity contribution in [1.29, 1.82) is 0 Å². The summed E-state index contributed by atoms with van der Waals surface area (Å²) in [6, 6.07) is 0. The van der Waals surface area contributed by atoms with Gasteiger partial charge in [-0.2, -0.15) is 0 Å². The van der Waals surface area contributed by atoms with Crippen LogP contribution in [0.2, 0.25) is 0 Å². The summed E-state index contributed by atoms with van der Waals surface area (Å²) in [7, 11) is 0. The minimum absolute atomic E-state index is 0. The van der Waals surface area contributed by atoms with Crippen molar-refractivity contribution in [1.82, 2.24) is 0 Å². The Balaban J connectivity index is 0. The van der Waals surface area contributed by atoms with Gasteiger partial charge in [0.15, 0.2) is 0 Å². The fraction of sp³-hybridized carbons (Fsp3) is 0. The van der Waals surface area contributed by atoms with Gasteiger partial charge in [0.25, 0.3) is 0 Å². The van der Waals surface area contributed by atoms with Crippen LogP contribution >= 0.6 is 24.0 Å². The minimum atomic E-state index is 0. The molecule has 0 unspecified atom stereocenters. The van der Waals surface area contributed by atoms with Gasteiger partial charge in [-0.3, -0.25) is 0 Å². The number of hydrogen-bond donors (Lipinski definition) is 1. The predicted octanol–water partition coefficient (Wildman–Crippen LogP) is 1.08.